The maximum atomic E-state index is 13.6. The van der Waals surface area contributed by atoms with Crippen molar-refractivity contribution in [3.05, 3.63) is 83.4 Å². The van der Waals surface area contributed by atoms with Crippen LogP contribution in [0.1, 0.15) is 53.2 Å². The van der Waals surface area contributed by atoms with Crippen LogP contribution in [0.25, 0.3) is 10.8 Å². The summed E-state index contributed by atoms with van der Waals surface area (Å²) < 4.78 is 0. The average molecular weight is 427 g/mol. The van der Waals surface area contributed by atoms with E-state index >= 15 is 0 Å². The minimum atomic E-state index is -0.117. The molecule has 0 radical (unpaired) electrons. The number of aryl methyl sites for hydroxylation is 1. The van der Waals surface area contributed by atoms with Crippen molar-refractivity contribution < 1.29 is 9.59 Å². The number of fused-ring (bicyclic) bond motifs is 1. The number of piperidine rings is 1. The van der Waals surface area contributed by atoms with E-state index in [1.54, 1.807) is 0 Å². The summed E-state index contributed by atoms with van der Waals surface area (Å²) in [6, 6.07) is 22.6. The van der Waals surface area contributed by atoms with Gasteiger partial charge in [0, 0.05) is 25.2 Å². The number of amides is 2. The molecule has 2 heterocycles. The second-order valence-corrected chi connectivity index (χ2v) is 9.22. The molecule has 0 saturated carbocycles. The van der Waals surface area contributed by atoms with Gasteiger partial charge < -0.3 is 9.80 Å². The number of carbonyl (C=O) groups excluding carboxylic acids is 2. The Kier molecular flexibility index (Phi) is 5.69. The first-order chi connectivity index (χ1) is 15.6. The molecule has 32 heavy (non-hydrogen) atoms. The predicted molar refractivity (Wildman–Crippen MR) is 127 cm³/mol. The lowest BCUT2D eigenvalue weighted by Gasteiger charge is -2.36. The summed E-state index contributed by atoms with van der Waals surface area (Å²) in [6.45, 7) is 4.13. The van der Waals surface area contributed by atoms with E-state index in [0.29, 0.717) is 13.1 Å². The fraction of sp³-hybridized carbons (Fsp3) is 0.357. The fourth-order valence-electron chi connectivity index (χ4n) is 5.35. The van der Waals surface area contributed by atoms with Crippen LogP contribution in [0.2, 0.25) is 0 Å². The van der Waals surface area contributed by atoms with Crippen molar-refractivity contribution in [3.63, 3.8) is 0 Å². The van der Waals surface area contributed by atoms with Gasteiger partial charge in [0.25, 0.3) is 5.91 Å². The van der Waals surface area contributed by atoms with E-state index in [4.69, 9.17) is 0 Å². The van der Waals surface area contributed by atoms with Crippen molar-refractivity contribution in [1.29, 1.82) is 0 Å². The topological polar surface area (TPSA) is 40.6 Å². The third-order valence-corrected chi connectivity index (χ3v) is 7.08. The zero-order valence-electron chi connectivity index (χ0n) is 18.7. The van der Waals surface area contributed by atoms with Crippen LogP contribution < -0.4 is 0 Å². The summed E-state index contributed by atoms with van der Waals surface area (Å²) in [5, 5.41) is 2.05. The normalized spacial score (nSPS) is 21.2. The molecular formula is C28H30N2O2. The van der Waals surface area contributed by atoms with Crippen LogP contribution in [0.3, 0.4) is 0 Å². The number of carbonyl (C=O) groups is 2. The highest BCUT2D eigenvalue weighted by atomic mass is 16.2. The number of hydrogen-bond acceptors (Lipinski definition) is 2. The van der Waals surface area contributed by atoms with Crippen molar-refractivity contribution in [2.45, 2.75) is 38.6 Å². The lowest BCUT2D eigenvalue weighted by atomic mass is 9.94. The molecule has 3 aromatic carbocycles. The van der Waals surface area contributed by atoms with Crippen molar-refractivity contribution in [2.75, 3.05) is 19.6 Å². The lowest BCUT2D eigenvalue weighted by molar-refractivity contribution is -0.137. The molecule has 0 N–H and O–H groups in total. The highest BCUT2D eigenvalue weighted by Crippen LogP contribution is 2.35. The molecule has 3 aromatic rings. The molecule has 4 nitrogen and oxygen atoms in total. The zero-order chi connectivity index (χ0) is 22.1. The Morgan fingerprint density at radius 2 is 1.59 bits per heavy atom. The average Bonchev–Trinajstić information content (AvgIpc) is 3.33. The van der Waals surface area contributed by atoms with E-state index in [0.717, 1.165) is 48.6 Å². The zero-order valence-corrected chi connectivity index (χ0v) is 18.7. The first-order valence-electron chi connectivity index (χ1n) is 11.8. The van der Waals surface area contributed by atoms with Gasteiger partial charge in [0.1, 0.15) is 0 Å². The summed E-state index contributed by atoms with van der Waals surface area (Å²) in [7, 11) is 0. The standard InChI is InChI=1S/C28H30N2O2/c1-20-13-15-22(16-14-20)26-12-6-18-30(26)27(31)23-9-5-17-29(19-23)28(32)25-11-4-8-21-7-2-3-10-24(21)25/h2-4,7-8,10-11,13-16,23,26H,5-6,9,12,17-19H2,1H3. The Morgan fingerprint density at radius 1 is 0.844 bits per heavy atom. The molecule has 0 spiro atoms. The molecule has 164 valence electrons. The smallest absolute Gasteiger partial charge is 0.254 e. The van der Waals surface area contributed by atoms with E-state index in [1.165, 1.54) is 11.1 Å². The third kappa shape index (κ3) is 3.90. The molecule has 4 heteroatoms. The molecule has 0 aromatic heterocycles. The van der Waals surface area contributed by atoms with Crippen molar-refractivity contribution in [1.82, 2.24) is 9.80 Å². The van der Waals surface area contributed by atoms with Gasteiger partial charge in [-0.3, -0.25) is 9.59 Å². The molecule has 2 saturated heterocycles. The Hall–Kier alpha value is -3.14. The van der Waals surface area contributed by atoms with Crippen LogP contribution in [0.5, 0.6) is 0 Å². The van der Waals surface area contributed by atoms with Crippen molar-refractivity contribution in [3.8, 4) is 0 Å². The summed E-state index contributed by atoms with van der Waals surface area (Å²) in [5.41, 5.74) is 3.19. The van der Waals surface area contributed by atoms with Gasteiger partial charge in [0.05, 0.1) is 12.0 Å². The minimum absolute atomic E-state index is 0.0378. The molecule has 2 fully saturated rings. The van der Waals surface area contributed by atoms with Gasteiger partial charge in [0.15, 0.2) is 0 Å². The molecule has 2 unspecified atom stereocenters. The van der Waals surface area contributed by atoms with Gasteiger partial charge in [-0.25, -0.2) is 0 Å². The summed E-state index contributed by atoms with van der Waals surface area (Å²) in [5.74, 6) is 0.132. The Morgan fingerprint density at radius 3 is 2.44 bits per heavy atom. The minimum Gasteiger partial charge on any atom is -0.338 e. The van der Waals surface area contributed by atoms with E-state index in [1.807, 2.05) is 47.4 Å². The number of hydrogen-bond donors (Lipinski definition) is 0. The van der Waals surface area contributed by atoms with Crippen LogP contribution in [-0.2, 0) is 4.79 Å². The Bertz CT molecular complexity index is 1130. The van der Waals surface area contributed by atoms with Crippen LogP contribution in [0.15, 0.2) is 66.7 Å². The van der Waals surface area contributed by atoms with Crippen LogP contribution in [-0.4, -0.2) is 41.2 Å². The second-order valence-electron chi connectivity index (χ2n) is 9.22. The second kappa shape index (κ2) is 8.78. The molecule has 0 aliphatic carbocycles. The first kappa shape index (κ1) is 20.7. The SMILES string of the molecule is Cc1ccc(C2CCCN2C(=O)C2CCCN(C(=O)c3cccc4ccccc34)C2)cc1. The third-order valence-electron chi connectivity index (χ3n) is 7.08. The molecule has 2 aliphatic heterocycles. The fourth-order valence-corrected chi connectivity index (χ4v) is 5.35. The van der Waals surface area contributed by atoms with Gasteiger partial charge in [0.2, 0.25) is 5.91 Å². The Balaban J connectivity index is 1.33. The summed E-state index contributed by atoms with van der Waals surface area (Å²) in [6.07, 6.45) is 3.78. The van der Waals surface area contributed by atoms with Crippen LogP contribution in [0, 0.1) is 12.8 Å². The van der Waals surface area contributed by atoms with E-state index in [2.05, 4.69) is 36.1 Å². The largest absolute Gasteiger partial charge is 0.338 e. The lowest BCUT2D eigenvalue weighted by Crippen LogP contribution is -2.46. The summed E-state index contributed by atoms with van der Waals surface area (Å²) >= 11 is 0. The maximum Gasteiger partial charge on any atom is 0.254 e. The monoisotopic (exact) mass is 426 g/mol. The number of likely N-dealkylation sites (tertiary alicyclic amines) is 2. The number of rotatable bonds is 3. The van der Waals surface area contributed by atoms with Gasteiger partial charge in [-0.15, -0.1) is 0 Å². The van der Waals surface area contributed by atoms with Crippen molar-refractivity contribution >= 4 is 22.6 Å². The van der Waals surface area contributed by atoms with Crippen LogP contribution in [0.4, 0.5) is 0 Å². The van der Waals surface area contributed by atoms with Crippen LogP contribution >= 0.6 is 0 Å². The molecule has 2 amide bonds. The molecule has 2 atom stereocenters. The van der Waals surface area contributed by atoms with E-state index in [-0.39, 0.29) is 23.8 Å². The van der Waals surface area contributed by atoms with E-state index in [9.17, 15) is 9.59 Å². The maximum absolute atomic E-state index is 13.6. The van der Waals surface area contributed by atoms with Gasteiger partial charge >= 0.3 is 0 Å². The predicted octanol–water partition coefficient (Wildman–Crippen LogP) is 5.36. The number of benzene rings is 3. The van der Waals surface area contributed by atoms with Gasteiger partial charge in [-0.05, 0) is 55.0 Å². The number of nitrogens with zero attached hydrogens (tertiary/aromatic N) is 2. The first-order valence-corrected chi connectivity index (χ1v) is 11.8. The highest BCUT2D eigenvalue weighted by Gasteiger charge is 2.37. The molecular weight excluding hydrogens is 396 g/mol. The van der Waals surface area contributed by atoms with E-state index < -0.39 is 0 Å². The highest BCUT2D eigenvalue weighted by molar-refractivity contribution is 6.07. The summed E-state index contributed by atoms with van der Waals surface area (Å²) in [4.78, 5) is 30.9. The quantitative estimate of drug-likeness (QED) is 0.565. The molecule has 0 bridgehead atoms. The Labute approximate surface area is 189 Å². The molecule has 2 aliphatic rings. The van der Waals surface area contributed by atoms with Gasteiger partial charge in [-0.2, -0.15) is 0 Å². The molecule has 5 rings (SSSR count). The van der Waals surface area contributed by atoms with Crippen molar-refractivity contribution in [2.24, 2.45) is 5.92 Å². The van der Waals surface area contributed by atoms with Gasteiger partial charge in [-0.1, -0.05) is 66.2 Å².